The van der Waals surface area contributed by atoms with Crippen LogP contribution in [0.15, 0.2) is 42.5 Å². The first-order valence-corrected chi connectivity index (χ1v) is 7.00. The fraction of sp³-hybridized carbons (Fsp3) is 0.235. The van der Waals surface area contributed by atoms with Crippen LogP contribution in [0.5, 0.6) is 5.75 Å². The van der Waals surface area contributed by atoms with Crippen molar-refractivity contribution in [2.45, 2.75) is 19.6 Å². The Morgan fingerprint density at radius 3 is 2.86 bits per heavy atom. The molecule has 1 aliphatic heterocycles. The van der Waals surface area contributed by atoms with Gasteiger partial charge in [0.1, 0.15) is 5.75 Å². The Bertz CT molecular complexity index is 668. The molecule has 2 aromatic carbocycles. The summed E-state index contributed by atoms with van der Waals surface area (Å²) in [6.45, 7) is 2.36. The molecule has 0 spiro atoms. The van der Waals surface area contributed by atoms with Crippen molar-refractivity contribution in [2.24, 2.45) is 0 Å². The van der Waals surface area contributed by atoms with Crippen LogP contribution >= 0.6 is 0 Å². The average Bonchev–Trinajstić information content (AvgIpc) is 3.00. The van der Waals surface area contributed by atoms with E-state index >= 15 is 0 Å². The Labute approximate surface area is 124 Å². The highest BCUT2D eigenvalue weighted by atomic mass is 16.5. The summed E-state index contributed by atoms with van der Waals surface area (Å²) in [5.74, 6) is 0.472. The van der Waals surface area contributed by atoms with Gasteiger partial charge in [0, 0.05) is 19.6 Å². The molecule has 1 heterocycles. The minimum atomic E-state index is -0.119. The Balaban J connectivity index is 1.68. The number of hydrogen-bond acceptors (Lipinski definition) is 3. The number of ether oxygens (including phenoxy) is 1. The van der Waals surface area contributed by atoms with Gasteiger partial charge in [0.05, 0.1) is 12.7 Å². The van der Waals surface area contributed by atoms with Crippen molar-refractivity contribution < 1.29 is 9.53 Å². The quantitative estimate of drug-likeness (QED) is 0.904. The normalized spacial score (nSPS) is 12.8. The Morgan fingerprint density at radius 1 is 1.19 bits per heavy atom. The highest BCUT2D eigenvalue weighted by Crippen LogP contribution is 2.18. The Hall–Kier alpha value is -2.33. The lowest BCUT2D eigenvalue weighted by atomic mass is 10.1. The van der Waals surface area contributed by atoms with E-state index in [1.165, 1.54) is 11.1 Å². The molecule has 1 aliphatic rings. The standard InChI is InChI=1S/C17H18N2O2/c1-21-16-5-3-2-4-15(16)17(20)19-9-12-6-7-13-10-18-11-14(13)8-12/h2-8,18H,9-11H2,1H3,(H,19,20). The van der Waals surface area contributed by atoms with Crippen LogP contribution in [0, 0.1) is 0 Å². The summed E-state index contributed by atoms with van der Waals surface area (Å²) in [6, 6.07) is 13.6. The van der Waals surface area contributed by atoms with Crippen LogP contribution < -0.4 is 15.4 Å². The van der Waals surface area contributed by atoms with Crippen molar-refractivity contribution in [1.29, 1.82) is 0 Å². The number of methoxy groups -OCH3 is 1. The van der Waals surface area contributed by atoms with Crippen LogP contribution in [-0.2, 0) is 19.6 Å². The summed E-state index contributed by atoms with van der Waals surface area (Å²) in [5.41, 5.74) is 4.33. The maximum atomic E-state index is 12.2. The third kappa shape index (κ3) is 2.90. The van der Waals surface area contributed by atoms with Gasteiger partial charge in [-0.3, -0.25) is 4.79 Å². The Kier molecular flexibility index (Phi) is 3.88. The molecule has 0 unspecified atom stereocenters. The molecule has 0 aromatic heterocycles. The van der Waals surface area contributed by atoms with E-state index in [-0.39, 0.29) is 5.91 Å². The minimum Gasteiger partial charge on any atom is -0.496 e. The van der Waals surface area contributed by atoms with Crippen LogP contribution in [0.3, 0.4) is 0 Å². The molecule has 3 rings (SSSR count). The monoisotopic (exact) mass is 282 g/mol. The van der Waals surface area contributed by atoms with Crippen molar-refractivity contribution >= 4 is 5.91 Å². The van der Waals surface area contributed by atoms with E-state index < -0.39 is 0 Å². The van der Waals surface area contributed by atoms with Gasteiger partial charge in [-0.25, -0.2) is 0 Å². The lowest BCUT2D eigenvalue weighted by Crippen LogP contribution is -2.23. The van der Waals surface area contributed by atoms with Gasteiger partial charge in [0.2, 0.25) is 0 Å². The number of benzene rings is 2. The van der Waals surface area contributed by atoms with E-state index in [2.05, 4.69) is 28.8 Å². The summed E-state index contributed by atoms with van der Waals surface area (Å²) in [4.78, 5) is 12.2. The van der Waals surface area contributed by atoms with Crippen molar-refractivity contribution in [3.05, 3.63) is 64.7 Å². The lowest BCUT2D eigenvalue weighted by Gasteiger charge is -2.10. The predicted octanol–water partition coefficient (Wildman–Crippen LogP) is 2.23. The second kappa shape index (κ2) is 5.97. The van der Waals surface area contributed by atoms with Gasteiger partial charge >= 0.3 is 0 Å². The summed E-state index contributed by atoms with van der Waals surface area (Å²) in [5, 5.41) is 6.26. The van der Waals surface area contributed by atoms with E-state index in [0.29, 0.717) is 17.9 Å². The Morgan fingerprint density at radius 2 is 2.00 bits per heavy atom. The summed E-state index contributed by atoms with van der Waals surface area (Å²) in [7, 11) is 1.57. The highest BCUT2D eigenvalue weighted by molar-refractivity contribution is 5.96. The zero-order valence-corrected chi connectivity index (χ0v) is 12.0. The van der Waals surface area contributed by atoms with Crippen LogP contribution in [0.25, 0.3) is 0 Å². The minimum absolute atomic E-state index is 0.119. The molecule has 0 saturated heterocycles. The number of carbonyl (C=O) groups excluding carboxylic acids is 1. The molecule has 21 heavy (non-hydrogen) atoms. The third-order valence-corrected chi connectivity index (χ3v) is 3.71. The van der Waals surface area contributed by atoms with Gasteiger partial charge < -0.3 is 15.4 Å². The molecule has 0 atom stereocenters. The molecule has 2 N–H and O–H groups in total. The maximum Gasteiger partial charge on any atom is 0.255 e. The molecule has 108 valence electrons. The topological polar surface area (TPSA) is 50.4 Å². The maximum absolute atomic E-state index is 12.2. The van der Waals surface area contributed by atoms with E-state index in [1.54, 1.807) is 19.2 Å². The SMILES string of the molecule is COc1ccccc1C(=O)NCc1ccc2c(c1)CNC2. The molecule has 0 saturated carbocycles. The zero-order chi connectivity index (χ0) is 14.7. The molecule has 0 bridgehead atoms. The first kappa shape index (κ1) is 13.6. The molecule has 1 amide bonds. The highest BCUT2D eigenvalue weighted by Gasteiger charge is 2.13. The van der Waals surface area contributed by atoms with Crippen molar-refractivity contribution in [1.82, 2.24) is 10.6 Å². The zero-order valence-electron chi connectivity index (χ0n) is 12.0. The number of para-hydroxylation sites is 1. The van der Waals surface area contributed by atoms with E-state index in [1.807, 2.05) is 12.1 Å². The molecule has 4 nitrogen and oxygen atoms in total. The van der Waals surface area contributed by atoms with Crippen LogP contribution in [-0.4, -0.2) is 13.0 Å². The summed E-state index contributed by atoms with van der Waals surface area (Å²) in [6.07, 6.45) is 0. The second-order valence-corrected chi connectivity index (χ2v) is 5.09. The largest absolute Gasteiger partial charge is 0.496 e. The molecule has 0 fully saturated rings. The lowest BCUT2D eigenvalue weighted by molar-refractivity contribution is 0.0948. The smallest absolute Gasteiger partial charge is 0.255 e. The van der Waals surface area contributed by atoms with Crippen LogP contribution in [0.4, 0.5) is 0 Å². The average molecular weight is 282 g/mol. The first-order valence-electron chi connectivity index (χ1n) is 7.00. The number of rotatable bonds is 4. The number of fused-ring (bicyclic) bond motifs is 1. The van der Waals surface area contributed by atoms with Crippen molar-refractivity contribution in [3.63, 3.8) is 0 Å². The van der Waals surface area contributed by atoms with Crippen LogP contribution in [0.1, 0.15) is 27.0 Å². The third-order valence-electron chi connectivity index (χ3n) is 3.71. The number of carbonyl (C=O) groups is 1. The van der Waals surface area contributed by atoms with Gasteiger partial charge in [-0.15, -0.1) is 0 Å². The molecule has 0 aliphatic carbocycles. The van der Waals surface area contributed by atoms with Gasteiger partial charge in [0.15, 0.2) is 0 Å². The summed E-state index contributed by atoms with van der Waals surface area (Å²) >= 11 is 0. The van der Waals surface area contributed by atoms with Gasteiger partial charge in [-0.05, 0) is 28.8 Å². The fourth-order valence-electron chi connectivity index (χ4n) is 2.57. The predicted molar refractivity (Wildman–Crippen MR) is 81.1 cm³/mol. The van der Waals surface area contributed by atoms with Gasteiger partial charge in [0.25, 0.3) is 5.91 Å². The van der Waals surface area contributed by atoms with Crippen LogP contribution in [0.2, 0.25) is 0 Å². The molecular formula is C17H18N2O2. The van der Waals surface area contributed by atoms with E-state index in [4.69, 9.17) is 4.74 Å². The van der Waals surface area contributed by atoms with E-state index in [9.17, 15) is 4.79 Å². The van der Waals surface area contributed by atoms with E-state index in [0.717, 1.165) is 18.7 Å². The van der Waals surface area contributed by atoms with Gasteiger partial charge in [-0.2, -0.15) is 0 Å². The van der Waals surface area contributed by atoms with Crippen molar-refractivity contribution in [3.8, 4) is 5.75 Å². The molecule has 4 heteroatoms. The molecule has 0 radical (unpaired) electrons. The molecular weight excluding hydrogens is 264 g/mol. The van der Waals surface area contributed by atoms with Gasteiger partial charge in [-0.1, -0.05) is 30.3 Å². The first-order chi connectivity index (χ1) is 10.3. The fourth-order valence-corrected chi connectivity index (χ4v) is 2.57. The summed E-state index contributed by atoms with van der Waals surface area (Å²) < 4.78 is 5.21. The molecule has 2 aromatic rings. The number of hydrogen-bond donors (Lipinski definition) is 2. The number of amides is 1. The number of nitrogens with one attached hydrogen (secondary N) is 2. The second-order valence-electron chi connectivity index (χ2n) is 5.09. The van der Waals surface area contributed by atoms with Crippen molar-refractivity contribution in [2.75, 3.05) is 7.11 Å².